The van der Waals surface area contributed by atoms with Gasteiger partial charge in [-0.25, -0.2) is 4.98 Å². The van der Waals surface area contributed by atoms with Gasteiger partial charge >= 0.3 is 0 Å². The Kier molecular flexibility index (Phi) is 3.81. The molecule has 0 saturated heterocycles. The van der Waals surface area contributed by atoms with Crippen molar-refractivity contribution in [3.63, 3.8) is 0 Å². The molecule has 0 amide bonds. The Morgan fingerprint density at radius 2 is 2.12 bits per heavy atom. The number of nitrogens with one attached hydrogen (secondary N) is 1. The van der Waals surface area contributed by atoms with Crippen molar-refractivity contribution in [1.29, 1.82) is 0 Å². The average Bonchev–Trinajstić information content (AvgIpc) is 2.22. The number of hydrogen-bond donors (Lipinski definition) is 1. The summed E-state index contributed by atoms with van der Waals surface area (Å²) >= 11 is 5.70. The van der Waals surface area contributed by atoms with Crippen molar-refractivity contribution in [3.8, 4) is 0 Å². The summed E-state index contributed by atoms with van der Waals surface area (Å²) in [5.74, 6) is 0.894. The van der Waals surface area contributed by atoms with E-state index in [2.05, 4.69) is 61.0 Å². The molecule has 82 valence electrons. The zero-order chi connectivity index (χ0) is 11.5. The van der Waals surface area contributed by atoms with Crippen molar-refractivity contribution in [1.82, 2.24) is 4.98 Å². The zero-order valence-corrected chi connectivity index (χ0v) is 12.4. The Morgan fingerprint density at radius 1 is 1.31 bits per heavy atom. The van der Waals surface area contributed by atoms with Gasteiger partial charge < -0.3 is 5.32 Å². The first kappa shape index (κ1) is 11.9. The molecule has 2 aromatic rings. The Hall–Kier alpha value is -0.620. The first-order valence-electron chi connectivity index (χ1n) is 4.80. The minimum Gasteiger partial charge on any atom is -0.340 e. The highest BCUT2D eigenvalue weighted by atomic mass is 127. The van der Waals surface area contributed by atoms with Gasteiger partial charge in [-0.2, -0.15) is 0 Å². The third-order valence-corrected chi connectivity index (χ3v) is 3.24. The number of pyridine rings is 1. The molecule has 0 bridgehead atoms. The lowest BCUT2D eigenvalue weighted by Gasteiger charge is -2.08. The summed E-state index contributed by atoms with van der Waals surface area (Å²) in [5.41, 5.74) is 2.18. The molecule has 0 spiro atoms. The topological polar surface area (TPSA) is 24.9 Å². The fraction of sp³-hybridized carbons (Fsp3) is 0.0833. The molecule has 1 N–H and O–H groups in total. The highest BCUT2D eigenvalue weighted by Crippen LogP contribution is 2.21. The summed E-state index contributed by atoms with van der Waals surface area (Å²) < 4.78 is 2.20. The van der Waals surface area contributed by atoms with Crippen LogP contribution in [0.25, 0.3) is 0 Å². The monoisotopic (exact) mass is 388 g/mol. The van der Waals surface area contributed by atoms with Gasteiger partial charge in [-0.15, -0.1) is 0 Å². The van der Waals surface area contributed by atoms with E-state index in [1.807, 2.05) is 25.1 Å². The summed E-state index contributed by atoms with van der Waals surface area (Å²) in [6.07, 6.45) is 1.79. The Balaban J connectivity index is 2.27. The average molecular weight is 389 g/mol. The second kappa shape index (κ2) is 5.14. The van der Waals surface area contributed by atoms with Gasteiger partial charge in [0, 0.05) is 19.9 Å². The maximum atomic E-state index is 4.34. The Labute approximate surface area is 117 Å². The lowest BCUT2D eigenvalue weighted by Crippen LogP contribution is -1.96. The molecule has 0 saturated carbocycles. The molecular formula is C12H10BrIN2. The highest BCUT2D eigenvalue weighted by molar-refractivity contribution is 14.1. The van der Waals surface area contributed by atoms with Crippen LogP contribution in [0.4, 0.5) is 11.5 Å². The van der Waals surface area contributed by atoms with Gasteiger partial charge in [0.25, 0.3) is 0 Å². The standard InChI is InChI=1S/C12H10BrIN2/c1-8-5-9(13)7-15-12(8)16-11-4-2-3-10(14)6-11/h2-7H,1H3,(H,15,16). The number of halogens is 2. The molecule has 1 heterocycles. The number of benzene rings is 1. The Bertz CT molecular complexity index is 514. The van der Waals surface area contributed by atoms with E-state index in [4.69, 9.17) is 0 Å². The van der Waals surface area contributed by atoms with Crippen molar-refractivity contribution in [2.45, 2.75) is 6.92 Å². The van der Waals surface area contributed by atoms with Crippen LogP contribution in [-0.2, 0) is 0 Å². The molecule has 2 rings (SSSR count). The van der Waals surface area contributed by atoms with E-state index in [1.54, 1.807) is 6.20 Å². The van der Waals surface area contributed by atoms with Crippen LogP contribution in [0.2, 0.25) is 0 Å². The number of aryl methyl sites for hydroxylation is 1. The minimum absolute atomic E-state index is 0.894. The lowest BCUT2D eigenvalue weighted by molar-refractivity contribution is 1.24. The second-order valence-corrected chi connectivity index (χ2v) is 5.62. The first-order valence-corrected chi connectivity index (χ1v) is 6.67. The van der Waals surface area contributed by atoms with Crippen molar-refractivity contribution in [3.05, 3.63) is 50.1 Å². The van der Waals surface area contributed by atoms with Crippen LogP contribution in [-0.4, -0.2) is 4.98 Å². The quantitative estimate of drug-likeness (QED) is 0.766. The van der Waals surface area contributed by atoms with Gasteiger partial charge in [-0.1, -0.05) is 6.07 Å². The van der Waals surface area contributed by atoms with E-state index < -0.39 is 0 Å². The summed E-state index contributed by atoms with van der Waals surface area (Å²) in [6.45, 7) is 2.04. The zero-order valence-electron chi connectivity index (χ0n) is 8.67. The van der Waals surface area contributed by atoms with E-state index in [0.717, 1.165) is 21.5 Å². The molecule has 16 heavy (non-hydrogen) atoms. The molecule has 0 unspecified atom stereocenters. The molecule has 1 aromatic carbocycles. The largest absolute Gasteiger partial charge is 0.340 e. The van der Waals surface area contributed by atoms with Crippen molar-refractivity contribution >= 4 is 50.0 Å². The van der Waals surface area contributed by atoms with E-state index in [-0.39, 0.29) is 0 Å². The third kappa shape index (κ3) is 2.95. The normalized spacial score (nSPS) is 10.2. The number of anilines is 2. The molecule has 0 aliphatic carbocycles. The smallest absolute Gasteiger partial charge is 0.133 e. The predicted molar refractivity (Wildman–Crippen MR) is 79.1 cm³/mol. The SMILES string of the molecule is Cc1cc(Br)cnc1Nc1cccc(I)c1. The van der Waals surface area contributed by atoms with Crippen LogP contribution in [0.15, 0.2) is 41.0 Å². The van der Waals surface area contributed by atoms with Gasteiger partial charge in [0.15, 0.2) is 0 Å². The fourth-order valence-electron chi connectivity index (χ4n) is 1.37. The molecule has 1 aromatic heterocycles. The summed E-state index contributed by atoms with van der Waals surface area (Å²) in [7, 11) is 0. The van der Waals surface area contributed by atoms with E-state index in [0.29, 0.717) is 0 Å². The van der Waals surface area contributed by atoms with Crippen LogP contribution in [0.1, 0.15) is 5.56 Å². The molecule has 0 atom stereocenters. The molecule has 0 fully saturated rings. The third-order valence-electron chi connectivity index (χ3n) is 2.13. The van der Waals surface area contributed by atoms with Gasteiger partial charge in [0.05, 0.1) is 0 Å². The van der Waals surface area contributed by atoms with Gasteiger partial charge in [0.1, 0.15) is 5.82 Å². The van der Waals surface area contributed by atoms with Gasteiger partial charge in [-0.05, 0) is 75.3 Å². The predicted octanol–water partition coefficient (Wildman–Crippen LogP) is 4.50. The lowest BCUT2D eigenvalue weighted by atomic mass is 10.2. The number of rotatable bonds is 2. The fourth-order valence-corrected chi connectivity index (χ4v) is 2.36. The summed E-state index contributed by atoms with van der Waals surface area (Å²) in [5, 5.41) is 3.30. The molecular weight excluding hydrogens is 379 g/mol. The van der Waals surface area contributed by atoms with Crippen LogP contribution >= 0.6 is 38.5 Å². The first-order chi connectivity index (χ1) is 7.65. The molecule has 0 aliphatic rings. The van der Waals surface area contributed by atoms with Crippen molar-refractivity contribution in [2.24, 2.45) is 0 Å². The number of hydrogen-bond acceptors (Lipinski definition) is 2. The van der Waals surface area contributed by atoms with Crippen LogP contribution in [0, 0.1) is 10.5 Å². The molecule has 0 aliphatic heterocycles. The van der Waals surface area contributed by atoms with E-state index >= 15 is 0 Å². The van der Waals surface area contributed by atoms with Crippen molar-refractivity contribution < 1.29 is 0 Å². The summed E-state index contributed by atoms with van der Waals surface area (Å²) in [6, 6.07) is 10.3. The van der Waals surface area contributed by atoms with Crippen LogP contribution in [0.5, 0.6) is 0 Å². The molecule has 4 heteroatoms. The molecule has 2 nitrogen and oxygen atoms in total. The summed E-state index contributed by atoms with van der Waals surface area (Å²) in [4.78, 5) is 4.34. The van der Waals surface area contributed by atoms with Crippen LogP contribution in [0.3, 0.4) is 0 Å². The van der Waals surface area contributed by atoms with Crippen LogP contribution < -0.4 is 5.32 Å². The van der Waals surface area contributed by atoms with E-state index in [9.17, 15) is 0 Å². The van der Waals surface area contributed by atoms with Gasteiger partial charge in [-0.3, -0.25) is 0 Å². The highest BCUT2D eigenvalue weighted by Gasteiger charge is 2.01. The maximum Gasteiger partial charge on any atom is 0.133 e. The number of aromatic nitrogens is 1. The van der Waals surface area contributed by atoms with Gasteiger partial charge in [0.2, 0.25) is 0 Å². The Morgan fingerprint density at radius 3 is 2.81 bits per heavy atom. The number of nitrogens with zero attached hydrogens (tertiary/aromatic N) is 1. The minimum atomic E-state index is 0.894. The maximum absolute atomic E-state index is 4.34. The van der Waals surface area contributed by atoms with E-state index in [1.165, 1.54) is 3.57 Å². The molecule has 0 radical (unpaired) electrons. The van der Waals surface area contributed by atoms with Crippen molar-refractivity contribution in [2.75, 3.05) is 5.32 Å². The second-order valence-electron chi connectivity index (χ2n) is 3.45.